The van der Waals surface area contributed by atoms with Crippen LogP contribution in [0.25, 0.3) is 0 Å². The molecule has 1 N–H and O–H groups in total. The van der Waals surface area contributed by atoms with Gasteiger partial charge in [-0.25, -0.2) is 4.79 Å². The second-order valence-electron chi connectivity index (χ2n) is 2.84. The average Bonchev–Trinajstić information content (AvgIpc) is 2.18. The molecular weight excluding hydrogens is 184 g/mol. The van der Waals surface area contributed by atoms with Crippen molar-refractivity contribution < 1.29 is 14.3 Å². The second kappa shape index (κ2) is 5.97. The van der Waals surface area contributed by atoms with Crippen LogP contribution in [0.3, 0.4) is 0 Å². The predicted octanol–water partition coefficient (Wildman–Crippen LogP) is 0.214. The van der Waals surface area contributed by atoms with Gasteiger partial charge in [0.15, 0.2) is 0 Å². The van der Waals surface area contributed by atoms with E-state index in [4.69, 9.17) is 5.26 Å². The summed E-state index contributed by atoms with van der Waals surface area (Å²) >= 11 is 0. The maximum absolute atomic E-state index is 11.3. The van der Waals surface area contributed by atoms with E-state index in [1.807, 2.05) is 6.07 Å². The number of rotatable bonds is 4. The normalized spacial score (nSPS) is 13.6. The highest BCUT2D eigenvalue weighted by atomic mass is 16.5. The maximum Gasteiger partial charge on any atom is 0.328 e. The summed E-state index contributed by atoms with van der Waals surface area (Å²) in [6.45, 7) is 3.24. The first kappa shape index (κ1) is 12.4. The number of hydrogen-bond donors (Lipinski definition) is 1. The van der Waals surface area contributed by atoms with Gasteiger partial charge in [0.2, 0.25) is 5.91 Å². The lowest BCUT2D eigenvalue weighted by atomic mass is 10.1. The van der Waals surface area contributed by atoms with Crippen molar-refractivity contribution in [2.75, 3.05) is 7.11 Å². The van der Waals surface area contributed by atoms with Crippen molar-refractivity contribution in [3.63, 3.8) is 0 Å². The van der Waals surface area contributed by atoms with Crippen molar-refractivity contribution in [2.45, 2.75) is 26.3 Å². The van der Waals surface area contributed by atoms with Crippen LogP contribution in [-0.4, -0.2) is 25.0 Å². The molecule has 5 nitrogen and oxygen atoms in total. The summed E-state index contributed by atoms with van der Waals surface area (Å²) in [7, 11) is 1.24. The smallest absolute Gasteiger partial charge is 0.328 e. The SMILES string of the molecule is CCC(C#N)C(=O)NC(C)C(=O)OC. The van der Waals surface area contributed by atoms with E-state index in [1.54, 1.807) is 6.92 Å². The molecule has 2 unspecified atom stereocenters. The van der Waals surface area contributed by atoms with Gasteiger partial charge in [-0.05, 0) is 13.3 Å². The number of ether oxygens (including phenoxy) is 1. The zero-order valence-electron chi connectivity index (χ0n) is 8.53. The van der Waals surface area contributed by atoms with Crippen LogP contribution in [0.15, 0.2) is 0 Å². The highest BCUT2D eigenvalue weighted by Gasteiger charge is 2.21. The lowest BCUT2D eigenvalue weighted by Gasteiger charge is -2.13. The quantitative estimate of drug-likeness (QED) is 0.655. The monoisotopic (exact) mass is 198 g/mol. The third-order valence-corrected chi connectivity index (χ3v) is 1.79. The lowest BCUT2D eigenvalue weighted by Crippen LogP contribution is -2.41. The summed E-state index contributed by atoms with van der Waals surface area (Å²) in [5, 5.41) is 11.0. The van der Waals surface area contributed by atoms with Crippen LogP contribution in [-0.2, 0) is 14.3 Å². The van der Waals surface area contributed by atoms with E-state index in [9.17, 15) is 9.59 Å². The largest absolute Gasteiger partial charge is 0.467 e. The topological polar surface area (TPSA) is 79.2 Å². The van der Waals surface area contributed by atoms with Crippen LogP contribution in [0.4, 0.5) is 0 Å². The molecule has 14 heavy (non-hydrogen) atoms. The fourth-order valence-electron chi connectivity index (χ4n) is 0.885. The minimum Gasteiger partial charge on any atom is -0.467 e. The van der Waals surface area contributed by atoms with Gasteiger partial charge >= 0.3 is 5.97 Å². The summed E-state index contributed by atoms with van der Waals surface area (Å²) in [6, 6.07) is 1.14. The van der Waals surface area contributed by atoms with Crippen molar-refractivity contribution in [3.8, 4) is 6.07 Å². The Bertz CT molecular complexity index is 257. The zero-order chi connectivity index (χ0) is 11.1. The van der Waals surface area contributed by atoms with E-state index in [1.165, 1.54) is 14.0 Å². The molecule has 5 heteroatoms. The second-order valence-corrected chi connectivity index (χ2v) is 2.84. The number of nitrogens with one attached hydrogen (secondary N) is 1. The molecule has 0 aliphatic carbocycles. The molecule has 0 fully saturated rings. The molecule has 0 aliphatic rings. The van der Waals surface area contributed by atoms with Gasteiger partial charge in [0.05, 0.1) is 13.2 Å². The highest BCUT2D eigenvalue weighted by molar-refractivity contribution is 5.86. The van der Waals surface area contributed by atoms with Gasteiger partial charge in [-0.15, -0.1) is 0 Å². The van der Waals surface area contributed by atoms with Crippen molar-refractivity contribution in [3.05, 3.63) is 0 Å². The fourth-order valence-corrected chi connectivity index (χ4v) is 0.885. The van der Waals surface area contributed by atoms with Gasteiger partial charge in [-0.3, -0.25) is 4.79 Å². The first-order valence-electron chi connectivity index (χ1n) is 4.34. The minimum atomic E-state index is -0.713. The number of esters is 1. The van der Waals surface area contributed by atoms with E-state index in [0.29, 0.717) is 6.42 Å². The molecule has 0 aromatic rings. The first-order chi connectivity index (χ1) is 6.56. The summed E-state index contributed by atoms with van der Waals surface area (Å²) in [6.07, 6.45) is 0.427. The maximum atomic E-state index is 11.3. The lowest BCUT2D eigenvalue weighted by molar-refractivity contribution is -0.144. The third-order valence-electron chi connectivity index (χ3n) is 1.79. The summed E-state index contributed by atoms with van der Waals surface area (Å²) in [5.41, 5.74) is 0. The van der Waals surface area contributed by atoms with Gasteiger partial charge < -0.3 is 10.1 Å². The van der Waals surface area contributed by atoms with E-state index in [-0.39, 0.29) is 0 Å². The number of nitriles is 1. The molecule has 0 rings (SSSR count). The molecule has 0 spiro atoms. The molecule has 0 radical (unpaired) electrons. The van der Waals surface area contributed by atoms with Crippen molar-refractivity contribution in [1.29, 1.82) is 5.26 Å². The van der Waals surface area contributed by atoms with Crippen LogP contribution >= 0.6 is 0 Å². The number of nitrogens with zero attached hydrogens (tertiary/aromatic N) is 1. The predicted molar refractivity (Wildman–Crippen MR) is 49.0 cm³/mol. The Balaban J connectivity index is 4.19. The molecule has 0 heterocycles. The molecule has 0 aromatic carbocycles. The van der Waals surface area contributed by atoms with E-state index in [0.717, 1.165) is 0 Å². The molecule has 0 saturated carbocycles. The number of hydrogen-bond acceptors (Lipinski definition) is 4. The highest BCUT2D eigenvalue weighted by Crippen LogP contribution is 2.01. The molecule has 1 amide bonds. The van der Waals surface area contributed by atoms with Crippen LogP contribution in [0.5, 0.6) is 0 Å². The van der Waals surface area contributed by atoms with E-state index < -0.39 is 23.8 Å². The van der Waals surface area contributed by atoms with E-state index in [2.05, 4.69) is 10.1 Å². The van der Waals surface area contributed by atoms with Gasteiger partial charge in [0.1, 0.15) is 12.0 Å². The first-order valence-corrected chi connectivity index (χ1v) is 4.34. The van der Waals surface area contributed by atoms with Crippen molar-refractivity contribution >= 4 is 11.9 Å². The Morgan fingerprint density at radius 1 is 1.57 bits per heavy atom. The van der Waals surface area contributed by atoms with Crippen LogP contribution < -0.4 is 5.32 Å². The van der Waals surface area contributed by atoms with Crippen LogP contribution in [0, 0.1) is 17.2 Å². The summed E-state index contributed by atoms with van der Waals surface area (Å²) in [4.78, 5) is 22.2. The average molecular weight is 198 g/mol. The van der Waals surface area contributed by atoms with Gasteiger partial charge in [0, 0.05) is 0 Å². The number of amides is 1. The zero-order valence-corrected chi connectivity index (χ0v) is 8.53. The Morgan fingerprint density at radius 2 is 2.14 bits per heavy atom. The van der Waals surface area contributed by atoms with Crippen molar-refractivity contribution in [2.24, 2.45) is 5.92 Å². The van der Waals surface area contributed by atoms with Gasteiger partial charge in [-0.2, -0.15) is 5.26 Å². The number of carbonyl (C=O) groups excluding carboxylic acids is 2. The number of methoxy groups -OCH3 is 1. The Kier molecular flexibility index (Phi) is 5.30. The van der Waals surface area contributed by atoms with Crippen LogP contribution in [0.1, 0.15) is 20.3 Å². The summed E-state index contributed by atoms with van der Waals surface area (Å²) < 4.78 is 4.42. The van der Waals surface area contributed by atoms with Crippen LogP contribution in [0.2, 0.25) is 0 Å². The van der Waals surface area contributed by atoms with Gasteiger partial charge in [-0.1, -0.05) is 6.92 Å². The molecule has 0 aromatic heterocycles. The third kappa shape index (κ3) is 3.44. The summed E-state index contributed by atoms with van der Waals surface area (Å²) in [5.74, 6) is -1.67. The Morgan fingerprint density at radius 3 is 2.50 bits per heavy atom. The Labute approximate surface area is 83.0 Å². The fraction of sp³-hybridized carbons (Fsp3) is 0.667. The Hall–Kier alpha value is -1.57. The molecular formula is C9H14N2O3. The standard InChI is InChI=1S/C9H14N2O3/c1-4-7(5-10)8(12)11-6(2)9(13)14-3/h6-7H,4H2,1-3H3,(H,11,12). The van der Waals surface area contributed by atoms with Crippen molar-refractivity contribution in [1.82, 2.24) is 5.32 Å². The molecule has 0 aliphatic heterocycles. The minimum absolute atomic E-state index is 0.427. The van der Waals surface area contributed by atoms with Gasteiger partial charge in [0.25, 0.3) is 0 Å². The van der Waals surface area contributed by atoms with E-state index >= 15 is 0 Å². The molecule has 0 saturated heterocycles. The molecule has 2 atom stereocenters. The molecule has 0 bridgehead atoms. The molecule has 78 valence electrons. The number of carbonyl (C=O) groups is 2.